The van der Waals surface area contributed by atoms with Crippen molar-refractivity contribution in [2.24, 2.45) is 9.81 Å². The third-order valence-electron chi connectivity index (χ3n) is 5.25. The van der Waals surface area contributed by atoms with Crippen LogP contribution in [0.3, 0.4) is 0 Å². The van der Waals surface area contributed by atoms with Gasteiger partial charge < -0.3 is 0 Å². The Bertz CT molecular complexity index is 696. The summed E-state index contributed by atoms with van der Waals surface area (Å²) in [5.74, 6) is 2.41. The van der Waals surface area contributed by atoms with Crippen LogP contribution in [0.5, 0.6) is 0 Å². The fourth-order valence-corrected chi connectivity index (χ4v) is 5.20. The van der Waals surface area contributed by atoms with Crippen molar-refractivity contribution in [2.75, 3.05) is 12.9 Å². The van der Waals surface area contributed by atoms with E-state index in [2.05, 4.69) is 34.1 Å². The number of hydrogen-bond acceptors (Lipinski definition) is 2. The van der Waals surface area contributed by atoms with Gasteiger partial charge in [0.25, 0.3) is 0 Å². The minimum absolute atomic E-state index is 0.0315. The Morgan fingerprint density at radius 1 is 1.46 bits per heavy atom. The molecule has 6 heteroatoms. The monoisotopic (exact) mass is 407 g/mol. The molecule has 0 radical (unpaired) electrons. The van der Waals surface area contributed by atoms with Crippen LogP contribution in [0.1, 0.15) is 36.8 Å². The number of ether oxygens (including phenoxy) is 1. The van der Waals surface area contributed by atoms with Crippen LogP contribution >= 0.6 is 15.9 Å². The quantitative estimate of drug-likeness (QED) is 0.715. The molecule has 2 aliphatic carbocycles. The molecular weight excluding hydrogens is 385 g/mol. The van der Waals surface area contributed by atoms with Crippen molar-refractivity contribution in [3.63, 3.8) is 0 Å². The molecule has 1 spiro atoms. The van der Waals surface area contributed by atoms with Crippen molar-refractivity contribution in [1.29, 1.82) is 0 Å². The predicted octanol–water partition coefficient (Wildman–Crippen LogP) is 3.59. The Hall–Kier alpha value is -0.585. The molecule has 24 heavy (non-hydrogen) atoms. The first kappa shape index (κ1) is 18.2. The molecule has 0 saturated heterocycles. The zero-order valence-electron chi connectivity index (χ0n) is 14.3. The van der Waals surface area contributed by atoms with Crippen LogP contribution in [0, 0.1) is 5.41 Å². The van der Waals surface area contributed by atoms with E-state index in [1.807, 2.05) is 19.7 Å². The summed E-state index contributed by atoms with van der Waals surface area (Å²) in [7, 11) is 0.589. The van der Waals surface area contributed by atoms with Crippen LogP contribution < -0.4 is 0 Å². The molecule has 1 aromatic rings. The van der Waals surface area contributed by atoms with Crippen LogP contribution in [-0.2, 0) is 22.1 Å². The van der Waals surface area contributed by atoms with Crippen molar-refractivity contribution in [2.45, 2.75) is 45.0 Å². The summed E-state index contributed by atoms with van der Waals surface area (Å²) in [5.41, 5.74) is 3.59. The molecule has 1 atom stereocenters. The van der Waals surface area contributed by atoms with Gasteiger partial charge in [-0.05, 0) is 0 Å². The fourth-order valence-electron chi connectivity index (χ4n) is 3.91. The van der Waals surface area contributed by atoms with Crippen molar-refractivity contribution in [3.8, 4) is 0 Å². The topological polar surface area (TPSA) is 38.7 Å². The third kappa shape index (κ3) is 3.66. The van der Waals surface area contributed by atoms with Gasteiger partial charge in [-0.25, -0.2) is 0 Å². The van der Waals surface area contributed by atoms with E-state index in [0.717, 1.165) is 42.3 Å². The van der Waals surface area contributed by atoms with Crippen molar-refractivity contribution in [1.82, 2.24) is 0 Å². The summed E-state index contributed by atoms with van der Waals surface area (Å²) in [6, 6.07) is 6.41. The molecule has 0 aromatic heterocycles. The standard InChI is InChI=1S/C18H23BBrNO2S/c1-19-9-10-24(22)21-17-16-11-14(20)4-3-13(16)12-18(17)7-5-15(23-2)6-8-18/h3-4,9,11,15H,5-8,10,12H2,1-2H3. The van der Waals surface area contributed by atoms with E-state index in [9.17, 15) is 4.21 Å². The normalized spacial score (nSPS) is 29.1. The SMILES string of the molecule is CB=CCS(=O)N=C1c2cc(Br)ccc2CC12CCC(OC)CC2. The summed E-state index contributed by atoms with van der Waals surface area (Å²) < 4.78 is 23.7. The summed E-state index contributed by atoms with van der Waals surface area (Å²) in [5, 5.41) is 0. The first-order valence-corrected chi connectivity index (χ1v) is 10.6. The second-order valence-corrected chi connectivity index (χ2v) is 8.77. The zero-order valence-corrected chi connectivity index (χ0v) is 16.7. The maximum absolute atomic E-state index is 12.4. The van der Waals surface area contributed by atoms with E-state index in [0.29, 0.717) is 11.9 Å². The number of hydrogen-bond donors (Lipinski definition) is 0. The summed E-state index contributed by atoms with van der Waals surface area (Å²) in [4.78, 5) is 0. The Morgan fingerprint density at radius 3 is 2.88 bits per heavy atom. The number of rotatable bonds is 4. The maximum atomic E-state index is 12.4. The van der Waals surface area contributed by atoms with Crippen LogP contribution in [0.25, 0.3) is 0 Å². The Balaban J connectivity index is 1.97. The second-order valence-electron chi connectivity index (χ2n) is 6.69. The third-order valence-corrected chi connectivity index (χ3v) is 6.61. The molecule has 2 aliphatic rings. The Morgan fingerprint density at radius 2 is 2.21 bits per heavy atom. The first-order valence-electron chi connectivity index (χ1n) is 8.48. The number of fused-ring (bicyclic) bond motifs is 1. The van der Waals surface area contributed by atoms with Crippen LogP contribution in [0.2, 0.25) is 6.82 Å². The zero-order chi connectivity index (χ0) is 17.2. The summed E-state index contributed by atoms with van der Waals surface area (Å²) >= 11 is 3.57. The van der Waals surface area contributed by atoms with Crippen LogP contribution in [0.4, 0.5) is 0 Å². The molecule has 0 aliphatic heterocycles. The van der Waals surface area contributed by atoms with Crippen LogP contribution in [-0.4, -0.2) is 41.8 Å². The number of nitrogens with zero attached hydrogens (tertiary/aromatic N) is 1. The van der Waals surface area contributed by atoms with E-state index in [1.165, 1.54) is 11.1 Å². The van der Waals surface area contributed by atoms with Gasteiger partial charge >= 0.3 is 156 Å². The van der Waals surface area contributed by atoms with Gasteiger partial charge in [-0.1, -0.05) is 0 Å². The van der Waals surface area contributed by atoms with E-state index in [4.69, 9.17) is 9.13 Å². The Kier molecular flexibility index (Phi) is 5.88. The van der Waals surface area contributed by atoms with Crippen molar-refractivity contribution >= 4 is 45.5 Å². The molecule has 0 N–H and O–H groups in total. The van der Waals surface area contributed by atoms with E-state index >= 15 is 0 Å². The minimum atomic E-state index is -1.21. The van der Waals surface area contributed by atoms with E-state index in [-0.39, 0.29) is 5.41 Å². The molecule has 3 rings (SSSR count). The fraction of sp³-hybridized carbons (Fsp3) is 0.556. The van der Waals surface area contributed by atoms with Crippen molar-refractivity contribution in [3.05, 3.63) is 33.8 Å². The summed E-state index contributed by atoms with van der Waals surface area (Å²) in [6.45, 7) is 3.87. The van der Waals surface area contributed by atoms with Crippen LogP contribution in [0.15, 0.2) is 27.1 Å². The van der Waals surface area contributed by atoms with Gasteiger partial charge in [-0.3, -0.25) is 0 Å². The molecule has 128 valence electrons. The molecule has 1 fully saturated rings. The molecule has 0 heterocycles. The van der Waals surface area contributed by atoms with Gasteiger partial charge in [0.15, 0.2) is 0 Å². The first-order chi connectivity index (χ1) is 11.6. The average molecular weight is 408 g/mol. The van der Waals surface area contributed by atoms with Gasteiger partial charge in [-0.2, -0.15) is 0 Å². The molecule has 1 aromatic carbocycles. The molecule has 1 saturated carbocycles. The van der Waals surface area contributed by atoms with Gasteiger partial charge in [0.1, 0.15) is 0 Å². The molecular formula is C18H23BBrNO2S. The van der Waals surface area contributed by atoms with Crippen molar-refractivity contribution < 1.29 is 8.95 Å². The molecule has 1 unspecified atom stereocenters. The predicted molar refractivity (Wildman–Crippen MR) is 107 cm³/mol. The number of halogens is 1. The number of benzene rings is 1. The van der Waals surface area contributed by atoms with Gasteiger partial charge in [-0.15, -0.1) is 0 Å². The summed E-state index contributed by atoms with van der Waals surface area (Å²) in [6.07, 6.45) is 5.56. The van der Waals surface area contributed by atoms with Gasteiger partial charge in [0.05, 0.1) is 0 Å². The molecule has 0 amide bonds. The second kappa shape index (κ2) is 7.75. The Labute approximate surface area is 155 Å². The van der Waals surface area contributed by atoms with E-state index < -0.39 is 11.0 Å². The van der Waals surface area contributed by atoms with Gasteiger partial charge in [0.2, 0.25) is 0 Å². The molecule has 0 bridgehead atoms. The van der Waals surface area contributed by atoms with E-state index in [1.54, 1.807) is 7.11 Å². The van der Waals surface area contributed by atoms with Gasteiger partial charge in [0, 0.05) is 0 Å². The average Bonchev–Trinajstić information content (AvgIpc) is 2.87. The number of methoxy groups -OCH3 is 1. The molecule has 3 nitrogen and oxygen atoms in total.